The van der Waals surface area contributed by atoms with Crippen molar-refractivity contribution in [2.45, 2.75) is 83.3 Å². The van der Waals surface area contributed by atoms with Crippen molar-refractivity contribution in [3.05, 3.63) is 12.7 Å². The Kier molecular flexibility index (Phi) is 12.4. The van der Waals surface area contributed by atoms with Crippen molar-refractivity contribution in [3.63, 3.8) is 0 Å². The first-order chi connectivity index (χ1) is 10.3. The molecule has 5 nitrogen and oxygen atoms in total. The van der Waals surface area contributed by atoms with E-state index in [0.29, 0.717) is 6.42 Å². The SMILES string of the molecule is C=CC(=O)OC(C)CCCCCCCCCCC[Si](O)(O)O. The fraction of sp³-hybridized carbons (Fsp3) is 0.812. The van der Waals surface area contributed by atoms with E-state index in [2.05, 4.69) is 6.58 Å². The summed E-state index contributed by atoms with van der Waals surface area (Å²) in [7, 11) is -3.81. The molecule has 1 atom stereocenters. The smallest absolute Gasteiger partial charge is 0.460 e. The molecule has 0 aliphatic rings. The van der Waals surface area contributed by atoms with Crippen LogP contribution in [0.5, 0.6) is 0 Å². The third kappa shape index (κ3) is 15.7. The van der Waals surface area contributed by atoms with Gasteiger partial charge in [0, 0.05) is 12.1 Å². The third-order valence-electron chi connectivity index (χ3n) is 3.61. The quantitative estimate of drug-likeness (QED) is 0.197. The molecule has 0 aliphatic carbocycles. The van der Waals surface area contributed by atoms with Gasteiger partial charge in [-0.05, 0) is 26.2 Å². The summed E-state index contributed by atoms with van der Waals surface area (Å²) in [5.74, 6) is -0.351. The molecule has 3 N–H and O–H groups in total. The lowest BCUT2D eigenvalue weighted by Crippen LogP contribution is -2.33. The van der Waals surface area contributed by atoms with Gasteiger partial charge >= 0.3 is 14.8 Å². The van der Waals surface area contributed by atoms with E-state index >= 15 is 0 Å². The van der Waals surface area contributed by atoms with Gasteiger partial charge in [0.1, 0.15) is 0 Å². The van der Waals surface area contributed by atoms with Crippen molar-refractivity contribution < 1.29 is 23.9 Å². The first-order valence-electron chi connectivity index (χ1n) is 8.35. The van der Waals surface area contributed by atoms with Crippen LogP contribution < -0.4 is 0 Å². The number of rotatable bonds is 14. The number of unbranched alkanes of at least 4 members (excludes halogenated alkanes) is 8. The van der Waals surface area contributed by atoms with Crippen LogP contribution in [-0.2, 0) is 9.53 Å². The maximum atomic E-state index is 11.0. The minimum Gasteiger partial charge on any atom is -0.460 e. The van der Waals surface area contributed by atoms with Gasteiger partial charge in [0.2, 0.25) is 0 Å². The number of carbonyl (C=O) groups is 1. The zero-order valence-corrected chi connectivity index (χ0v) is 14.8. The second-order valence-electron chi connectivity index (χ2n) is 5.95. The molecule has 0 aromatic carbocycles. The van der Waals surface area contributed by atoms with Crippen LogP contribution in [0.2, 0.25) is 6.04 Å². The molecule has 0 bridgehead atoms. The summed E-state index contributed by atoms with van der Waals surface area (Å²) >= 11 is 0. The number of esters is 1. The van der Waals surface area contributed by atoms with Gasteiger partial charge in [-0.15, -0.1) is 0 Å². The van der Waals surface area contributed by atoms with E-state index in [0.717, 1.165) is 38.5 Å². The molecule has 0 radical (unpaired) electrons. The summed E-state index contributed by atoms with van der Waals surface area (Å²) in [6.45, 7) is 5.28. The molecule has 22 heavy (non-hydrogen) atoms. The average Bonchev–Trinajstić information content (AvgIpc) is 2.43. The van der Waals surface area contributed by atoms with Crippen molar-refractivity contribution in [2.24, 2.45) is 0 Å². The fourth-order valence-electron chi connectivity index (χ4n) is 2.34. The van der Waals surface area contributed by atoms with Gasteiger partial charge in [0.25, 0.3) is 0 Å². The van der Waals surface area contributed by atoms with Crippen LogP contribution >= 0.6 is 0 Å². The minimum atomic E-state index is -3.81. The standard InChI is InChI=1S/C16H32O5Si/c1-3-16(17)21-15(2)13-11-9-7-5-4-6-8-10-12-14-22(18,19)20/h3,15,18-20H,1,4-14H2,2H3. The maximum Gasteiger partial charge on any atom is 0.492 e. The highest BCUT2D eigenvalue weighted by atomic mass is 28.4. The lowest BCUT2D eigenvalue weighted by molar-refractivity contribution is -0.142. The van der Waals surface area contributed by atoms with Crippen LogP contribution in [-0.4, -0.2) is 35.3 Å². The molecule has 0 aromatic rings. The molecule has 1 unspecified atom stereocenters. The Bertz CT molecular complexity index is 301. The summed E-state index contributed by atoms with van der Waals surface area (Å²) < 4.78 is 5.10. The first-order valence-corrected chi connectivity index (χ1v) is 10.4. The van der Waals surface area contributed by atoms with Crippen LogP contribution in [0.3, 0.4) is 0 Å². The lowest BCUT2D eigenvalue weighted by atomic mass is 10.1. The Balaban J connectivity index is 3.24. The summed E-state index contributed by atoms with van der Waals surface area (Å²) in [6, 6.07) is 0.154. The van der Waals surface area contributed by atoms with E-state index in [4.69, 9.17) is 19.1 Å². The van der Waals surface area contributed by atoms with E-state index in [9.17, 15) is 4.79 Å². The molecule has 0 saturated carbocycles. The van der Waals surface area contributed by atoms with Crippen molar-refractivity contribution in [2.75, 3.05) is 0 Å². The molecule has 0 rings (SSSR count). The van der Waals surface area contributed by atoms with Crippen LogP contribution in [0.25, 0.3) is 0 Å². The van der Waals surface area contributed by atoms with E-state index in [1.165, 1.54) is 25.3 Å². The second kappa shape index (κ2) is 12.8. The van der Waals surface area contributed by atoms with Gasteiger partial charge in [0.15, 0.2) is 0 Å². The zero-order valence-electron chi connectivity index (χ0n) is 13.8. The largest absolute Gasteiger partial charge is 0.492 e. The highest BCUT2D eigenvalue weighted by molar-refractivity contribution is 6.56. The molecule has 0 amide bonds. The first kappa shape index (κ1) is 21.3. The van der Waals surface area contributed by atoms with E-state index in [1.54, 1.807) is 0 Å². The molecule has 0 aliphatic heterocycles. The van der Waals surface area contributed by atoms with Gasteiger partial charge in [-0.2, -0.15) is 0 Å². The van der Waals surface area contributed by atoms with Gasteiger partial charge < -0.3 is 19.1 Å². The van der Waals surface area contributed by atoms with Crippen LogP contribution in [0.15, 0.2) is 12.7 Å². The molecule has 0 fully saturated rings. The van der Waals surface area contributed by atoms with Crippen LogP contribution in [0.4, 0.5) is 0 Å². The Hall–Kier alpha value is -0.693. The summed E-state index contributed by atoms with van der Waals surface area (Å²) in [5, 5.41) is 0. The van der Waals surface area contributed by atoms with E-state index in [1.807, 2.05) is 6.92 Å². The zero-order chi connectivity index (χ0) is 16.8. The molecule has 0 aromatic heterocycles. The molecular weight excluding hydrogens is 300 g/mol. The van der Waals surface area contributed by atoms with Crippen molar-refractivity contribution in [3.8, 4) is 0 Å². The summed E-state index contributed by atoms with van der Waals surface area (Å²) in [6.07, 6.45) is 11.8. The predicted octanol–water partition coefficient (Wildman–Crippen LogP) is 2.92. The Labute approximate surface area is 135 Å². The number of hydrogen-bond acceptors (Lipinski definition) is 5. The van der Waals surface area contributed by atoms with E-state index < -0.39 is 8.80 Å². The predicted molar refractivity (Wildman–Crippen MR) is 89.1 cm³/mol. The minimum absolute atomic E-state index is 0.0363. The monoisotopic (exact) mass is 332 g/mol. The molecule has 0 saturated heterocycles. The summed E-state index contributed by atoms with van der Waals surface area (Å²) in [4.78, 5) is 37.6. The Morgan fingerprint density at radius 1 is 1.00 bits per heavy atom. The highest BCUT2D eigenvalue weighted by Crippen LogP contribution is 2.14. The molecular formula is C16H32O5Si. The van der Waals surface area contributed by atoms with Gasteiger partial charge in [-0.3, -0.25) is 0 Å². The van der Waals surface area contributed by atoms with Gasteiger partial charge in [-0.25, -0.2) is 4.79 Å². The second-order valence-corrected chi connectivity index (χ2v) is 8.00. The lowest BCUT2D eigenvalue weighted by Gasteiger charge is -2.11. The maximum absolute atomic E-state index is 11.0. The Morgan fingerprint density at radius 2 is 1.45 bits per heavy atom. The number of hydrogen-bond donors (Lipinski definition) is 3. The molecule has 6 heteroatoms. The topological polar surface area (TPSA) is 87.0 Å². The third-order valence-corrected chi connectivity index (χ3v) is 4.63. The Morgan fingerprint density at radius 3 is 1.91 bits per heavy atom. The summed E-state index contributed by atoms with van der Waals surface area (Å²) in [5.41, 5.74) is 0. The highest BCUT2D eigenvalue weighted by Gasteiger charge is 2.25. The number of ether oxygens (including phenoxy) is 1. The number of carbonyl (C=O) groups excluding carboxylic acids is 1. The van der Waals surface area contributed by atoms with Gasteiger partial charge in [-0.1, -0.05) is 51.5 Å². The van der Waals surface area contributed by atoms with E-state index in [-0.39, 0.29) is 18.1 Å². The molecule has 130 valence electrons. The van der Waals surface area contributed by atoms with Crippen molar-refractivity contribution in [1.29, 1.82) is 0 Å². The van der Waals surface area contributed by atoms with Crippen LogP contribution in [0, 0.1) is 0 Å². The van der Waals surface area contributed by atoms with Crippen molar-refractivity contribution in [1.82, 2.24) is 0 Å². The average molecular weight is 333 g/mol. The van der Waals surface area contributed by atoms with Crippen molar-refractivity contribution >= 4 is 14.8 Å². The fourth-order valence-corrected chi connectivity index (χ4v) is 3.06. The molecule has 0 heterocycles. The van der Waals surface area contributed by atoms with Gasteiger partial charge in [0.05, 0.1) is 6.10 Å². The molecule has 0 spiro atoms. The normalized spacial score (nSPS) is 12.9. The van der Waals surface area contributed by atoms with Crippen LogP contribution in [0.1, 0.15) is 71.1 Å².